The second-order valence-corrected chi connectivity index (χ2v) is 32.9. The highest BCUT2D eigenvalue weighted by molar-refractivity contribution is 7.03. The number of alkyl halides is 6. The average molecular weight is 759 g/mol. The molecule has 0 bridgehead atoms. The van der Waals surface area contributed by atoms with E-state index >= 15 is 0 Å². The smallest absolute Gasteiger partial charge is 0.389 e. The first-order valence-electron chi connectivity index (χ1n) is 16.0. The van der Waals surface area contributed by atoms with Crippen LogP contribution in [-0.2, 0) is 16.5 Å². The van der Waals surface area contributed by atoms with Crippen LogP contribution in [0.4, 0.5) is 26.3 Å². The first-order valence-corrected chi connectivity index (χ1v) is 29.1. The van der Waals surface area contributed by atoms with Crippen molar-refractivity contribution in [2.24, 2.45) is 11.5 Å². The quantitative estimate of drug-likeness (QED) is 0.108. The Bertz CT molecular complexity index is 1150. The molecule has 268 valence electrons. The first kappa shape index (κ1) is 42.0. The van der Waals surface area contributed by atoms with Crippen LogP contribution in [0.2, 0.25) is 63.5 Å². The lowest BCUT2D eigenvalue weighted by Crippen LogP contribution is -2.73. The summed E-state index contributed by atoms with van der Waals surface area (Å²) < 4.78 is 112. The van der Waals surface area contributed by atoms with Crippen molar-refractivity contribution in [3.8, 4) is 0 Å². The zero-order chi connectivity index (χ0) is 35.6. The van der Waals surface area contributed by atoms with Crippen LogP contribution in [-0.4, -0.2) is 67.8 Å². The van der Waals surface area contributed by atoms with E-state index in [0.29, 0.717) is 35.9 Å². The van der Waals surface area contributed by atoms with Crippen LogP contribution in [0.15, 0.2) is 60.7 Å². The van der Waals surface area contributed by atoms with Gasteiger partial charge in [-0.1, -0.05) is 60.7 Å². The molecule has 0 heterocycles. The molecule has 0 amide bonds. The Morgan fingerprint density at radius 3 is 1.28 bits per heavy atom. The average Bonchev–Trinajstić information content (AvgIpc) is 2.96. The lowest BCUT2D eigenvalue weighted by atomic mass is 10.4. The van der Waals surface area contributed by atoms with Gasteiger partial charge in [0.15, 0.2) is 16.6 Å². The second kappa shape index (κ2) is 17.2. The van der Waals surface area contributed by atoms with Gasteiger partial charge in [0.1, 0.15) is 0 Å². The molecule has 0 aliphatic heterocycles. The Morgan fingerprint density at radius 2 is 0.915 bits per heavy atom. The Morgan fingerprint density at radius 1 is 0.532 bits per heavy atom. The molecular formula is C30H52F6N2O4Si5. The Kier molecular flexibility index (Phi) is 15.4. The minimum Gasteiger partial charge on any atom is -0.436 e. The van der Waals surface area contributed by atoms with Gasteiger partial charge in [-0.05, 0) is 99.8 Å². The van der Waals surface area contributed by atoms with Crippen LogP contribution < -0.4 is 21.8 Å². The fourth-order valence-electron chi connectivity index (χ4n) is 5.71. The van der Waals surface area contributed by atoms with Crippen LogP contribution in [0, 0.1) is 0 Å². The molecule has 0 saturated carbocycles. The molecule has 2 rings (SSSR count). The summed E-state index contributed by atoms with van der Waals surface area (Å²) in [7, 11) is -17.0. The van der Waals surface area contributed by atoms with Gasteiger partial charge in [0, 0.05) is 12.8 Å². The summed E-state index contributed by atoms with van der Waals surface area (Å²) in [5.74, 6) is 0. The Balaban J connectivity index is 2.92. The van der Waals surface area contributed by atoms with Crippen molar-refractivity contribution in [2.75, 3.05) is 13.1 Å². The number of rotatable bonds is 20. The van der Waals surface area contributed by atoms with Crippen molar-refractivity contribution < 1.29 is 42.8 Å². The van der Waals surface area contributed by atoms with Gasteiger partial charge in [-0.2, -0.15) is 26.3 Å². The highest BCUT2D eigenvalue weighted by Crippen LogP contribution is 2.39. The van der Waals surface area contributed by atoms with Gasteiger partial charge in [-0.3, -0.25) is 0 Å². The molecule has 0 fully saturated rings. The van der Waals surface area contributed by atoms with E-state index in [1.54, 1.807) is 73.8 Å². The van der Waals surface area contributed by atoms with Gasteiger partial charge in [-0.15, -0.1) is 0 Å². The van der Waals surface area contributed by atoms with Gasteiger partial charge in [0.25, 0.3) is 0 Å². The van der Waals surface area contributed by atoms with Crippen LogP contribution in [0.1, 0.15) is 25.7 Å². The summed E-state index contributed by atoms with van der Waals surface area (Å²) >= 11 is 0. The monoisotopic (exact) mass is 758 g/mol. The third-order valence-electron chi connectivity index (χ3n) is 7.56. The highest BCUT2D eigenvalue weighted by atomic mass is 28.5. The fourth-order valence-corrected chi connectivity index (χ4v) is 31.2. The molecule has 2 aromatic carbocycles. The normalized spacial score (nSPS) is 14.1. The summed E-state index contributed by atoms with van der Waals surface area (Å²) in [6.45, 7) is 12.2. The number of hydrogen-bond acceptors (Lipinski definition) is 6. The molecule has 4 N–H and O–H groups in total. The highest BCUT2D eigenvalue weighted by Gasteiger charge is 2.58. The fraction of sp³-hybridized carbons (Fsp3) is 0.600. The number of benzene rings is 2. The lowest BCUT2D eigenvalue weighted by molar-refractivity contribution is -0.133. The summed E-state index contributed by atoms with van der Waals surface area (Å²) in [4.78, 5) is 0. The van der Waals surface area contributed by atoms with Crippen molar-refractivity contribution in [1.82, 2.24) is 0 Å². The van der Waals surface area contributed by atoms with E-state index in [1.807, 2.05) is 13.1 Å². The molecular weight excluding hydrogens is 707 g/mol. The zero-order valence-electron chi connectivity index (χ0n) is 28.4. The summed E-state index contributed by atoms with van der Waals surface area (Å²) in [5, 5.41) is 1.11. The van der Waals surface area contributed by atoms with Gasteiger partial charge in [0.05, 0.1) is 0 Å². The molecule has 0 saturated heterocycles. The van der Waals surface area contributed by atoms with Crippen molar-refractivity contribution >= 4 is 52.7 Å². The third kappa shape index (κ3) is 14.7. The van der Waals surface area contributed by atoms with Crippen LogP contribution in [0.25, 0.3) is 0 Å². The van der Waals surface area contributed by atoms with E-state index < -0.39 is 79.6 Å². The van der Waals surface area contributed by atoms with Gasteiger partial charge in [0.2, 0.25) is 0 Å². The molecule has 0 spiro atoms. The largest absolute Gasteiger partial charge is 0.436 e. The summed E-state index contributed by atoms with van der Waals surface area (Å²) in [5.41, 5.74) is 11.5. The zero-order valence-corrected chi connectivity index (χ0v) is 33.4. The van der Waals surface area contributed by atoms with Gasteiger partial charge in [-0.25, -0.2) is 0 Å². The molecule has 0 unspecified atom stereocenters. The van der Waals surface area contributed by atoms with E-state index in [4.69, 9.17) is 27.9 Å². The number of hydrogen-bond donors (Lipinski definition) is 2. The van der Waals surface area contributed by atoms with E-state index in [-0.39, 0.29) is 0 Å². The minimum atomic E-state index is -4.65. The lowest BCUT2D eigenvalue weighted by Gasteiger charge is -2.47. The number of halogens is 6. The van der Waals surface area contributed by atoms with E-state index in [9.17, 15) is 26.3 Å². The van der Waals surface area contributed by atoms with Crippen LogP contribution in [0.3, 0.4) is 0 Å². The predicted octanol–water partition coefficient (Wildman–Crippen LogP) is 7.47. The molecule has 17 heteroatoms. The van der Waals surface area contributed by atoms with E-state index in [1.165, 1.54) is 0 Å². The molecule has 0 aliphatic carbocycles. The molecule has 47 heavy (non-hydrogen) atoms. The number of nitrogens with two attached hydrogens (primary N) is 2. The molecule has 6 nitrogen and oxygen atoms in total. The topological polar surface area (TPSA) is 89.0 Å². The van der Waals surface area contributed by atoms with Crippen molar-refractivity contribution in [1.29, 1.82) is 0 Å². The van der Waals surface area contributed by atoms with Crippen LogP contribution >= 0.6 is 0 Å². The third-order valence-corrected chi connectivity index (χ3v) is 28.5. The standard InChI is InChI=1S/C30H52F6N2O4Si5/c1-43(2,23-13-21-37)39-45(5,6)41-47(27-15-9-7-10-16-27,28-17-11-8-12-18-28)42-46(25-19-29(31,32)33,26-20-30(34,35)36)40-44(3,4)24-14-22-38/h7-12,15-18H,13-14,19-26,37-38H2,1-6H3. The van der Waals surface area contributed by atoms with Gasteiger partial charge < -0.3 is 27.9 Å². The minimum absolute atomic E-state index is 0.317. The Labute approximate surface area is 281 Å². The molecule has 0 aliphatic rings. The van der Waals surface area contributed by atoms with Gasteiger partial charge >= 0.3 is 38.0 Å². The molecule has 2 aromatic rings. The molecule has 0 radical (unpaired) electrons. The first-order chi connectivity index (χ1) is 21.6. The maximum Gasteiger partial charge on any atom is 0.389 e. The molecule has 0 atom stereocenters. The summed E-state index contributed by atoms with van der Waals surface area (Å²) in [6, 6.07) is 17.5. The van der Waals surface area contributed by atoms with Crippen molar-refractivity contribution in [3.05, 3.63) is 60.7 Å². The molecule has 0 aromatic heterocycles. The van der Waals surface area contributed by atoms with Crippen molar-refractivity contribution in [3.63, 3.8) is 0 Å². The predicted molar refractivity (Wildman–Crippen MR) is 188 cm³/mol. The Hall–Kier alpha value is -1.14. The maximum atomic E-state index is 14.0. The van der Waals surface area contributed by atoms with E-state index in [0.717, 1.165) is 12.5 Å². The maximum absolute atomic E-state index is 14.0. The van der Waals surface area contributed by atoms with Crippen LogP contribution in [0.5, 0.6) is 0 Å². The SMILES string of the molecule is C[Si](C)(CCCN)O[Si](C)(C)O[Si](O[Si](CCC(F)(F)F)(CCC(F)(F)F)O[Si](C)(C)CCCN)(c1ccccc1)c1ccccc1. The van der Waals surface area contributed by atoms with Crippen molar-refractivity contribution in [2.45, 2.75) is 101 Å². The summed E-state index contributed by atoms with van der Waals surface area (Å²) in [6.07, 6.45) is -10.7. The second-order valence-electron chi connectivity index (χ2n) is 13.6. The van der Waals surface area contributed by atoms with E-state index in [2.05, 4.69) is 13.1 Å².